The van der Waals surface area contributed by atoms with E-state index in [2.05, 4.69) is 20.1 Å². The third kappa shape index (κ3) is 4.15. The Morgan fingerprint density at radius 3 is 2.58 bits per heavy atom. The third-order valence-electron chi connectivity index (χ3n) is 7.29. The van der Waals surface area contributed by atoms with Crippen LogP contribution >= 0.6 is 0 Å². The van der Waals surface area contributed by atoms with Crippen LogP contribution in [-0.2, 0) is 10.0 Å². The maximum atomic E-state index is 12.9. The largest absolute Gasteiger partial charge is 0.322 e. The molecule has 0 saturated heterocycles. The number of hydrogen-bond donors (Lipinski definition) is 2. The summed E-state index contributed by atoms with van der Waals surface area (Å²) in [6.45, 7) is 5.66. The van der Waals surface area contributed by atoms with Crippen LogP contribution in [0.5, 0.6) is 0 Å². The first-order valence-corrected chi connectivity index (χ1v) is 13.0. The zero-order chi connectivity index (χ0) is 23.3. The molecule has 0 spiro atoms. The predicted octanol–water partition coefficient (Wildman–Crippen LogP) is 3.70. The van der Waals surface area contributed by atoms with Crippen LogP contribution in [0.2, 0.25) is 0 Å². The molecule has 1 amide bonds. The van der Waals surface area contributed by atoms with Gasteiger partial charge in [-0.2, -0.15) is 5.10 Å². The SMILES string of the molecule is Cc1cc2ncc(C(=O)Nc3ccc(S(=O)(=O)N[C@H](C)[C@@H]4C[C@H]5CC[C@H]4C5)cc3)c(C)n2n1. The number of amides is 1. The minimum Gasteiger partial charge on any atom is -0.322 e. The number of carbonyl (C=O) groups is 1. The van der Waals surface area contributed by atoms with Crippen LogP contribution in [0.3, 0.4) is 0 Å². The number of nitrogens with zero attached hydrogens (tertiary/aromatic N) is 3. The second kappa shape index (κ2) is 8.22. The van der Waals surface area contributed by atoms with Gasteiger partial charge in [0.15, 0.2) is 5.65 Å². The summed E-state index contributed by atoms with van der Waals surface area (Å²) in [6.07, 6.45) is 6.40. The van der Waals surface area contributed by atoms with Gasteiger partial charge < -0.3 is 5.32 Å². The van der Waals surface area contributed by atoms with Gasteiger partial charge in [0.1, 0.15) is 0 Å². The third-order valence-corrected chi connectivity index (χ3v) is 8.86. The number of carbonyl (C=O) groups excluding carboxylic acids is 1. The summed E-state index contributed by atoms with van der Waals surface area (Å²) < 4.78 is 30.4. The van der Waals surface area contributed by atoms with E-state index in [9.17, 15) is 13.2 Å². The van der Waals surface area contributed by atoms with Crippen molar-refractivity contribution in [2.45, 2.75) is 57.4 Å². The molecule has 0 aliphatic heterocycles. The Labute approximate surface area is 193 Å². The normalized spacial score (nSPS) is 23.2. The van der Waals surface area contributed by atoms with Gasteiger partial charge in [0, 0.05) is 24.0 Å². The fraction of sp³-hybridized carbons (Fsp3) is 0.458. The van der Waals surface area contributed by atoms with Crippen molar-refractivity contribution in [3.8, 4) is 0 Å². The number of nitrogens with one attached hydrogen (secondary N) is 2. The quantitative estimate of drug-likeness (QED) is 0.575. The van der Waals surface area contributed by atoms with Crippen LogP contribution in [0, 0.1) is 31.6 Å². The lowest BCUT2D eigenvalue weighted by Crippen LogP contribution is -2.40. The number of aromatic nitrogens is 3. The highest BCUT2D eigenvalue weighted by molar-refractivity contribution is 7.89. The van der Waals surface area contributed by atoms with Crippen molar-refractivity contribution in [1.82, 2.24) is 19.3 Å². The molecule has 4 atom stereocenters. The average molecular weight is 468 g/mol. The van der Waals surface area contributed by atoms with E-state index in [1.807, 2.05) is 26.8 Å². The molecule has 2 heterocycles. The van der Waals surface area contributed by atoms with Gasteiger partial charge in [0.2, 0.25) is 10.0 Å². The fourth-order valence-electron chi connectivity index (χ4n) is 5.61. The molecule has 2 aliphatic rings. The van der Waals surface area contributed by atoms with Crippen molar-refractivity contribution >= 4 is 27.3 Å². The van der Waals surface area contributed by atoms with E-state index in [4.69, 9.17) is 0 Å². The van der Waals surface area contributed by atoms with Crippen molar-refractivity contribution in [2.75, 3.05) is 5.32 Å². The smallest absolute Gasteiger partial charge is 0.259 e. The van der Waals surface area contributed by atoms with Gasteiger partial charge in [0.25, 0.3) is 5.91 Å². The molecule has 0 radical (unpaired) electrons. The molecule has 9 heteroatoms. The second-order valence-corrected chi connectivity index (χ2v) is 11.3. The van der Waals surface area contributed by atoms with Crippen molar-refractivity contribution in [3.63, 3.8) is 0 Å². The monoisotopic (exact) mass is 467 g/mol. The highest BCUT2D eigenvalue weighted by Crippen LogP contribution is 2.49. The molecule has 2 saturated carbocycles. The maximum Gasteiger partial charge on any atom is 0.259 e. The Hall–Kier alpha value is -2.78. The molecular formula is C24H29N5O3S. The van der Waals surface area contributed by atoms with Crippen LogP contribution in [0.1, 0.15) is 54.4 Å². The molecule has 8 nitrogen and oxygen atoms in total. The number of anilines is 1. The first-order chi connectivity index (χ1) is 15.7. The molecular weight excluding hydrogens is 438 g/mol. The van der Waals surface area contributed by atoms with Gasteiger partial charge in [-0.05, 0) is 82.1 Å². The molecule has 2 aromatic heterocycles. The minimum absolute atomic E-state index is 0.0824. The first-order valence-electron chi connectivity index (χ1n) is 11.5. The molecule has 3 aromatic rings. The van der Waals surface area contributed by atoms with Crippen molar-refractivity contribution in [2.24, 2.45) is 17.8 Å². The van der Waals surface area contributed by atoms with Crippen LogP contribution < -0.4 is 10.0 Å². The average Bonchev–Trinajstić information content (AvgIpc) is 3.49. The zero-order valence-electron chi connectivity index (χ0n) is 19.1. The molecule has 174 valence electrons. The van der Waals surface area contributed by atoms with Gasteiger partial charge in [-0.1, -0.05) is 6.42 Å². The first kappa shape index (κ1) is 22.0. The molecule has 5 rings (SSSR count). The number of aryl methyl sites for hydroxylation is 2. The topological polar surface area (TPSA) is 105 Å². The van der Waals surface area contributed by atoms with E-state index < -0.39 is 10.0 Å². The van der Waals surface area contributed by atoms with Gasteiger partial charge in [-0.25, -0.2) is 22.6 Å². The van der Waals surface area contributed by atoms with Crippen LogP contribution in [-0.4, -0.2) is 35.0 Å². The lowest BCUT2D eigenvalue weighted by molar-refractivity contribution is 0.102. The Morgan fingerprint density at radius 2 is 1.91 bits per heavy atom. The maximum absolute atomic E-state index is 12.9. The van der Waals surface area contributed by atoms with Crippen LogP contribution in [0.25, 0.3) is 5.65 Å². The second-order valence-electron chi connectivity index (χ2n) is 9.54. The molecule has 2 bridgehead atoms. The van der Waals surface area contributed by atoms with Crippen LogP contribution in [0.4, 0.5) is 5.69 Å². The van der Waals surface area contributed by atoms with E-state index >= 15 is 0 Å². The molecule has 1 aromatic carbocycles. The molecule has 0 unspecified atom stereocenters. The standard InChI is InChI=1S/C24H29N5O3S/c1-14-10-23-25-13-22(16(3)29(23)27-14)24(30)26-19-6-8-20(9-7-19)33(31,32)28-15(2)21-12-17-4-5-18(21)11-17/h6-10,13,15,17-18,21,28H,4-5,11-12H2,1-3H3,(H,26,30)/t15-,17+,18+,21+/m1/s1. The van der Waals surface area contributed by atoms with Gasteiger partial charge >= 0.3 is 0 Å². The molecule has 33 heavy (non-hydrogen) atoms. The van der Waals surface area contributed by atoms with E-state index in [1.165, 1.54) is 37.6 Å². The lowest BCUT2D eigenvalue weighted by atomic mass is 9.84. The van der Waals surface area contributed by atoms with Gasteiger partial charge in [-0.15, -0.1) is 0 Å². The number of benzene rings is 1. The Kier molecular flexibility index (Phi) is 5.49. The highest BCUT2D eigenvalue weighted by Gasteiger charge is 2.42. The minimum atomic E-state index is -3.62. The molecule has 2 fully saturated rings. The van der Waals surface area contributed by atoms with Crippen molar-refractivity contribution in [3.05, 3.63) is 53.5 Å². The van der Waals surface area contributed by atoms with E-state index in [0.29, 0.717) is 34.4 Å². The lowest BCUT2D eigenvalue weighted by Gasteiger charge is -2.28. The summed E-state index contributed by atoms with van der Waals surface area (Å²) >= 11 is 0. The van der Waals surface area contributed by atoms with Crippen molar-refractivity contribution < 1.29 is 13.2 Å². The molecule has 2 N–H and O–H groups in total. The zero-order valence-corrected chi connectivity index (χ0v) is 19.9. The number of rotatable bonds is 6. The summed E-state index contributed by atoms with van der Waals surface area (Å²) in [4.78, 5) is 17.3. The Balaban J connectivity index is 1.27. The number of sulfonamides is 1. The van der Waals surface area contributed by atoms with Crippen LogP contribution in [0.15, 0.2) is 41.4 Å². The fourth-order valence-corrected chi connectivity index (χ4v) is 6.90. The Bertz CT molecular complexity index is 1320. The molecule has 2 aliphatic carbocycles. The highest BCUT2D eigenvalue weighted by atomic mass is 32.2. The summed E-state index contributed by atoms with van der Waals surface area (Å²) in [5.41, 5.74) is 3.11. The van der Waals surface area contributed by atoms with E-state index in [-0.39, 0.29) is 16.8 Å². The number of hydrogen-bond acceptors (Lipinski definition) is 5. The Morgan fingerprint density at radius 1 is 1.15 bits per heavy atom. The summed E-state index contributed by atoms with van der Waals surface area (Å²) in [5.74, 6) is 1.51. The summed E-state index contributed by atoms with van der Waals surface area (Å²) in [5, 5.41) is 7.18. The van der Waals surface area contributed by atoms with Gasteiger partial charge in [0.05, 0.1) is 21.8 Å². The summed E-state index contributed by atoms with van der Waals surface area (Å²) in [7, 11) is -3.62. The number of fused-ring (bicyclic) bond motifs is 3. The van der Waals surface area contributed by atoms with Gasteiger partial charge in [-0.3, -0.25) is 4.79 Å². The van der Waals surface area contributed by atoms with E-state index in [1.54, 1.807) is 16.6 Å². The predicted molar refractivity (Wildman–Crippen MR) is 126 cm³/mol. The van der Waals surface area contributed by atoms with Crippen molar-refractivity contribution in [1.29, 1.82) is 0 Å². The van der Waals surface area contributed by atoms with E-state index in [0.717, 1.165) is 18.0 Å². The summed E-state index contributed by atoms with van der Waals surface area (Å²) in [6, 6.07) is 8.02.